The zero-order chi connectivity index (χ0) is 23.8. The first-order valence-electron chi connectivity index (χ1n) is 11.2. The van der Waals surface area contributed by atoms with Crippen molar-refractivity contribution in [2.45, 2.75) is 32.6 Å². The molecule has 9 heteroatoms. The fourth-order valence-electron chi connectivity index (χ4n) is 3.58. The van der Waals surface area contributed by atoms with Gasteiger partial charge in [0.25, 0.3) is 5.91 Å². The number of sulfonamides is 1. The van der Waals surface area contributed by atoms with Crippen molar-refractivity contribution >= 4 is 15.9 Å². The summed E-state index contributed by atoms with van der Waals surface area (Å²) in [4.78, 5) is 12.7. The van der Waals surface area contributed by atoms with Gasteiger partial charge in [-0.15, -0.1) is 0 Å². The number of carbonyl (C=O) groups is 1. The molecule has 0 saturated carbocycles. The normalized spacial score (nSPS) is 15.6. The van der Waals surface area contributed by atoms with Crippen LogP contribution in [-0.2, 0) is 20.5 Å². The molecular formula is C24H32N2O6S. The standard InChI is InChI=1S/C24H32N2O6S/c1-4-31-22-11-10-21(16-23(22)32-5-2)18(3)25-24(27)20-8-6-19(7-9-20)17-33(28,29)26-12-14-30-15-13-26/h6-11,16,18H,4-5,12-15,17H2,1-3H3,(H,25,27)/t18-/m0/s1. The molecule has 0 bridgehead atoms. The molecule has 0 aromatic heterocycles. The van der Waals surface area contributed by atoms with Crippen LogP contribution >= 0.6 is 0 Å². The predicted octanol–water partition coefficient (Wildman–Crippen LogP) is 3.14. The summed E-state index contributed by atoms with van der Waals surface area (Å²) in [6.07, 6.45) is 0. The third-order valence-electron chi connectivity index (χ3n) is 5.34. The first-order valence-corrected chi connectivity index (χ1v) is 12.8. The Balaban J connectivity index is 1.64. The fraction of sp³-hybridized carbons (Fsp3) is 0.458. The second-order valence-electron chi connectivity index (χ2n) is 7.73. The van der Waals surface area contributed by atoms with Gasteiger partial charge >= 0.3 is 0 Å². The highest BCUT2D eigenvalue weighted by Gasteiger charge is 2.24. The molecule has 2 aromatic rings. The van der Waals surface area contributed by atoms with Gasteiger partial charge in [0.15, 0.2) is 11.5 Å². The third kappa shape index (κ3) is 6.69. The Morgan fingerprint density at radius 3 is 2.30 bits per heavy atom. The van der Waals surface area contributed by atoms with Gasteiger partial charge in [0.1, 0.15) is 0 Å². The van der Waals surface area contributed by atoms with Crippen LogP contribution in [-0.4, -0.2) is 58.1 Å². The minimum atomic E-state index is -3.41. The Morgan fingerprint density at radius 2 is 1.67 bits per heavy atom. The van der Waals surface area contributed by atoms with E-state index in [-0.39, 0.29) is 17.7 Å². The van der Waals surface area contributed by atoms with Crippen LogP contribution in [0.5, 0.6) is 11.5 Å². The molecule has 0 aliphatic carbocycles. The Bertz CT molecular complexity index is 1030. The number of hydrogen-bond acceptors (Lipinski definition) is 6. The van der Waals surface area contributed by atoms with Gasteiger partial charge in [0, 0.05) is 18.7 Å². The molecule has 0 unspecified atom stereocenters. The number of benzene rings is 2. The second kappa shape index (κ2) is 11.5. The summed E-state index contributed by atoms with van der Waals surface area (Å²) < 4.78 is 43.1. The molecule has 1 fully saturated rings. The van der Waals surface area contributed by atoms with E-state index in [1.54, 1.807) is 24.3 Å². The van der Waals surface area contributed by atoms with Crippen molar-refractivity contribution in [3.05, 3.63) is 59.2 Å². The SMILES string of the molecule is CCOc1ccc([C@H](C)NC(=O)c2ccc(CS(=O)(=O)N3CCOCC3)cc2)cc1OCC. The smallest absolute Gasteiger partial charge is 0.251 e. The Kier molecular flexibility index (Phi) is 8.71. The van der Waals surface area contributed by atoms with Crippen LogP contribution in [0, 0.1) is 0 Å². The number of ether oxygens (including phenoxy) is 3. The lowest BCUT2D eigenvalue weighted by atomic mass is 10.1. The predicted molar refractivity (Wildman–Crippen MR) is 126 cm³/mol. The zero-order valence-electron chi connectivity index (χ0n) is 19.4. The van der Waals surface area contributed by atoms with E-state index < -0.39 is 10.0 Å². The van der Waals surface area contributed by atoms with Gasteiger partial charge in [-0.3, -0.25) is 4.79 Å². The van der Waals surface area contributed by atoms with Gasteiger partial charge in [-0.25, -0.2) is 8.42 Å². The van der Waals surface area contributed by atoms with Gasteiger partial charge in [0.2, 0.25) is 10.0 Å². The molecule has 1 heterocycles. The Morgan fingerprint density at radius 1 is 1.03 bits per heavy atom. The lowest BCUT2D eigenvalue weighted by Crippen LogP contribution is -2.41. The van der Waals surface area contributed by atoms with Crippen molar-refractivity contribution < 1.29 is 27.4 Å². The summed E-state index contributed by atoms with van der Waals surface area (Å²) in [5.74, 6) is 0.975. The van der Waals surface area contributed by atoms with Crippen LogP contribution in [0.25, 0.3) is 0 Å². The molecule has 1 atom stereocenters. The van der Waals surface area contributed by atoms with Crippen molar-refractivity contribution in [2.75, 3.05) is 39.5 Å². The number of carbonyl (C=O) groups excluding carboxylic acids is 1. The van der Waals surface area contributed by atoms with Crippen LogP contribution in [0.1, 0.15) is 48.3 Å². The number of hydrogen-bond donors (Lipinski definition) is 1. The average Bonchev–Trinajstić information content (AvgIpc) is 2.81. The lowest BCUT2D eigenvalue weighted by Gasteiger charge is -2.26. The van der Waals surface area contributed by atoms with Crippen LogP contribution in [0.15, 0.2) is 42.5 Å². The van der Waals surface area contributed by atoms with Crippen molar-refractivity contribution in [1.29, 1.82) is 0 Å². The summed E-state index contributed by atoms with van der Waals surface area (Å²) in [5.41, 5.74) is 1.99. The highest BCUT2D eigenvalue weighted by atomic mass is 32.2. The fourth-order valence-corrected chi connectivity index (χ4v) is 5.08. The Labute approximate surface area is 195 Å². The van der Waals surface area contributed by atoms with E-state index in [1.807, 2.05) is 39.0 Å². The monoisotopic (exact) mass is 476 g/mol. The number of nitrogens with one attached hydrogen (secondary N) is 1. The van der Waals surface area contributed by atoms with Gasteiger partial charge in [-0.1, -0.05) is 18.2 Å². The van der Waals surface area contributed by atoms with E-state index >= 15 is 0 Å². The summed E-state index contributed by atoms with van der Waals surface area (Å²) in [5, 5.41) is 2.98. The molecule has 2 aromatic carbocycles. The van der Waals surface area contributed by atoms with E-state index in [0.29, 0.717) is 62.1 Å². The van der Waals surface area contributed by atoms with Crippen LogP contribution < -0.4 is 14.8 Å². The maximum Gasteiger partial charge on any atom is 0.251 e. The molecule has 1 saturated heterocycles. The molecule has 1 N–H and O–H groups in total. The van der Waals surface area contributed by atoms with E-state index in [1.165, 1.54) is 4.31 Å². The number of rotatable bonds is 10. The summed E-state index contributed by atoms with van der Waals surface area (Å²) in [7, 11) is -3.41. The molecule has 1 aliphatic rings. The molecule has 1 amide bonds. The van der Waals surface area contributed by atoms with Crippen molar-refractivity contribution in [3.8, 4) is 11.5 Å². The van der Waals surface area contributed by atoms with Gasteiger partial charge in [-0.05, 0) is 56.2 Å². The van der Waals surface area contributed by atoms with Crippen LogP contribution in [0.3, 0.4) is 0 Å². The van der Waals surface area contributed by atoms with E-state index in [4.69, 9.17) is 14.2 Å². The maximum atomic E-state index is 12.7. The molecular weight excluding hydrogens is 444 g/mol. The first-order chi connectivity index (χ1) is 15.8. The van der Waals surface area contributed by atoms with Crippen molar-refractivity contribution in [3.63, 3.8) is 0 Å². The molecule has 0 radical (unpaired) electrons. The highest BCUT2D eigenvalue weighted by Crippen LogP contribution is 2.30. The molecule has 180 valence electrons. The minimum Gasteiger partial charge on any atom is -0.490 e. The summed E-state index contributed by atoms with van der Waals surface area (Å²) in [6.45, 7) is 8.33. The van der Waals surface area contributed by atoms with Crippen LogP contribution in [0.2, 0.25) is 0 Å². The van der Waals surface area contributed by atoms with Crippen molar-refractivity contribution in [1.82, 2.24) is 9.62 Å². The van der Waals surface area contributed by atoms with E-state index in [2.05, 4.69) is 5.32 Å². The molecule has 33 heavy (non-hydrogen) atoms. The van der Waals surface area contributed by atoms with Crippen molar-refractivity contribution in [2.24, 2.45) is 0 Å². The van der Waals surface area contributed by atoms with E-state index in [0.717, 1.165) is 5.56 Å². The summed E-state index contributed by atoms with van der Waals surface area (Å²) >= 11 is 0. The number of nitrogens with zero attached hydrogens (tertiary/aromatic N) is 1. The van der Waals surface area contributed by atoms with Gasteiger partial charge in [0.05, 0.1) is 38.2 Å². The Hall–Kier alpha value is -2.62. The first kappa shape index (κ1) is 25.0. The second-order valence-corrected chi connectivity index (χ2v) is 9.70. The maximum absolute atomic E-state index is 12.7. The largest absolute Gasteiger partial charge is 0.490 e. The lowest BCUT2D eigenvalue weighted by molar-refractivity contribution is 0.0729. The minimum absolute atomic E-state index is 0.0995. The van der Waals surface area contributed by atoms with Gasteiger partial charge < -0.3 is 19.5 Å². The van der Waals surface area contributed by atoms with E-state index in [9.17, 15) is 13.2 Å². The molecule has 3 rings (SSSR count). The molecule has 8 nitrogen and oxygen atoms in total. The molecule has 0 spiro atoms. The number of morpholine rings is 1. The summed E-state index contributed by atoms with van der Waals surface area (Å²) in [6, 6.07) is 12.0. The number of amides is 1. The molecule has 1 aliphatic heterocycles. The van der Waals surface area contributed by atoms with Crippen LogP contribution in [0.4, 0.5) is 0 Å². The zero-order valence-corrected chi connectivity index (χ0v) is 20.2. The average molecular weight is 477 g/mol. The quantitative estimate of drug-likeness (QED) is 0.566. The third-order valence-corrected chi connectivity index (χ3v) is 7.19. The highest BCUT2D eigenvalue weighted by molar-refractivity contribution is 7.88. The topological polar surface area (TPSA) is 94.2 Å². The van der Waals surface area contributed by atoms with Gasteiger partial charge in [-0.2, -0.15) is 4.31 Å².